The van der Waals surface area contributed by atoms with Crippen LogP contribution in [0.3, 0.4) is 0 Å². The molecule has 110 valence electrons. The van der Waals surface area contributed by atoms with Crippen LogP contribution in [0.5, 0.6) is 5.75 Å². The minimum Gasteiger partial charge on any atom is -0.497 e. The van der Waals surface area contributed by atoms with E-state index in [4.69, 9.17) is 4.74 Å². The van der Waals surface area contributed by atoms with E-state index in [2.05, 4.69) is 35.5 Å². The van der Waals surface area contributed by atoms with Crippen molar-refractivity contribution in [3.63, 3.8) is 0 Å². The first-order chi connectivity index (χ1) is 9.76. The number of likely N-dealkylation sites (N-methyl/N-ethyl adjacent to an activating group) is 1. The van der Waals surface area contributed by atoms with Gasteiger partial charge in [0.25, 0.3) is 0 Å². The molecule has 3 rings (SSSR count). The summed E-state index contributed by atoms with van der Waals surface area (Å²) < 4.78 is 5.34. The zero-order valence-electron chi connectivity index (χ0n) is 12.7. The van der Waals surface area contributed by atoms with E-state index in [0.717, 1.165) is 24.8 Å². The van der Waals surface area contributed by atoms with Gasteiger partial charge >= 0.3 is 0 Å². The number of ether oxygens (including phenoxy) is 1. The lowest BCUT2D eigenvalue weighted by Crippen LogP contribution is -2.42. The Morgan fingerprint density at radius 3 is 2.95 bits per heavy atom. The summed E-state index contributed by atoms with van der Waals surface area (Å²) in [6.45, 7) is 2.40. The highest BCUT2D eigenvalue weighted by Crippen LogP contribution is 2.25. The molecule has 1 aliphatic heterocycles. The van der Waals surface area contributed by atoms with Gasteiger partial charge in [-0.25, -0.2) is 0 Å². The number of fused-ring (bicyclic) bond motifs is 1. The van der Waals surface area contributed by atoms with Crippen LogP contribution in [-0.4, -0.2) is 44.2 Å². The molecule has 0 radical (unpaired) electrons. The zero-order chi connectivity index (χ0) is 13.9. The van der Waals surface area contributed by atoms with E-state index >= 15 is 0 Å². The summed E-state index contributed by atoms with van der Waals surface area (Å²) in [5.74, 6) is 0.986. The van der Waals surface area contributed by atoms with E-state index in [-0.39, 0.29) is 0 Å². The second kappa shape index (κ2) is 6.15. The van der Waals surface area contributed by atoms with E-state index in [1.54, 1.807) is 7.11 Å². The average molecular weight is 274 g/mol. The number of hydrogen-bond donors (Lipinski definition) is 1. The third-order valence-electron chi connectivity index (χ3n) is 4.96. The van der Waals surface area contributed by atoms with E-state index in [0.29, 0.717) is 6.04 Å². The molecular formula is C17H26N2O. The predicted octanol–water partition coefficient (Wildman–Crippen LogP) is 2.24. The van der Waals surface area contributed by atoms with Crippen molar-refractivity contribution in [2.24, 2.45) is 0 Å². The normalized spacial score (nSPS) is 26.5. The maximum atomic E-state index is 5.34. The van der Waals surface area contributed by atoms with Gasteiger partial charge in [0.05, 0.1) is 7.11 Å². The Kier molecular flexibility index (Phi) is 4.27. The first-order valence-corrected chi connectivity index (χ1v) is 7.85. The van der Waals surface area contributed by atoms with Crippen molar-refractivity contribution in [1.82, 2.24) is 10.2 Å². The molecule has 0 amide bonds. The molecule has 1 aromatic rings. The van der Waals surface area contributed by atoms with Gasteiger partial charge in [-0.05, 0) is 69.0 Å². The van der Waals surface area contributed by atoms with Crippen molar-refractivity contribution in [2.45, 2.75) is 44.2 Å². The number of aryl methyl sites for hydroxylation is 1. The van der Waals surface area contributed by atoms with Gasteiger partial charge in [0, 0.05) is 18.6 Å². The topological polar surface area (TPSA) is 24.5 Å². The van der Waals surface area contributed by atoms with Crippen molar-refractivity contribution in [3.05, 3.63) is 29.3 Å². The molecule has 1 heterocycles. The second-order valence-electron chi connectivity index (χ2n) is 6.26. The minimum absolute atomic E-state index is 0.628. The smallest absolute Gasteiger partial charge is 0.119 e. The Labute approximate surface area is 122 Å². The number of likely N-dealkylation sites (tertiary alicyclic amines) is 1. The Bertz CT molecular complexity index is 460. The molecule has 20 heavy (non-hydrogen) atoms. The summed E-state index contributed by atoms with van der Waals surface area (Å²) in [6.07, 6.45) is 6.30. The number of benzene rings is 1. The molecule has 0 bridgehead atoms. The first-order valence-electron chi connectivity index (χ1n) is 7.85. The highest BCUT2D eigenvalue weighted by atomic mass is 16.5. The highest BCUT2D eigenvalue weighted by Gasteiger charge is 2.23. The molecule has 0 saturated carbocycles. The number of methoxy groups -OCH3 is 1. The van der Waals surface area contributed by atoms with Crippen LogP contribution in [-0.2, 0) is 12.8 Å². The third-order valence-corrected chi connectivity index (χ3v) is 4.96. The third kappa shape index (κ3) is 2.99. The molecule has 1 aliphatic carbocycles. The SMILES string of the molecule is COc1ccc2c(c1)CC(NCC1CCCN1C)CC2. The molecule has 1 aromatic carbocycles. The lowest BCUT2D eigenvalue weighted by molar-refractivity contribution is 0.286. The maximum absolute atomic E-state index is 5.34. The lowest BCUT2D eigenvalue weighted by Gasteiger charge is -2.28. The fraction of sp³-hybridized carbons (Fsp3) is 0.647. The highest BCUT2D eigenvalue weighted by molar-refractivity contribution is 5.37. The van der Waals surface area contributed by atoms with Gasteiger partial charge in [-0.15, -0.1) is 0 Å². The molecule has 2 unspecified atom stereocenters. The molecule has 0 spiro atoms. The summed E-state index contributed by atoms with van der Waals surface area (Å²) in [6, 6.07) is 7.89. The summed E-state index contributed by atoms with van der Waals surface area (Å²) in [7, 11) is 4.00. The Morgan fingerprint density at radius 2 is 2.20 bits per heavy atom. The summed E-state index contributed by atoms with van der Waals surface area (Å²) >= 11 is 0. The number of hydrogen-bond acceptors (Lipinski definition) is 3. The van der Waals surface area contributed by atoms with Crippen LogP contribution in [0.2, 0.25) is 0 Å². The largest absolute Gasteiger partial charge is 0.497 e. The fourth-order valence-electron chi connectivity index (χ4n) is 3.57. The van der Waals surface area contributed by atoms with Crippen LogP contribution in [0.4, 0.5) is 0 Å². The average Bonchev–Trinajstić information content (AvgIpc) is 2.89. The van der Waals surface area contributed by atoms with Gasteiger partial charge < -0.3 is 15.0 Å². The summed E-state index contributed by atoms with van der Waals surface area (Å²) in [4.78, 5) is 2.49. The monoisotopic (exact) mass is 274 g/mol. The Hall–Kier alpha value is -1.06. The van der Waals surface area contributed by atoms with Crippen LogP contribution in [0.25, 0.3) is 0 Å². The van der Waals surface area contributed by atoms with Gasteiger partial charge in [-0.1, -0.05) is 6.07 Å². The van der Waals surface area contributed by atoms with Crippen LogP contribution in [0.15, 0.2) is 18.2 Å². The van der Waals surface area contributed by atoms with Gasteiger partial charge in [0.2, 0.25) is 0 Å². The lowest BCUT2D eigenvalue weighted by atomic mass is 9.88. The molecule has 1 saturated heterocycles. The van der Waals surface area contributed by atoms with E-state index < -0.39 is 0 Å². The van der Waals surface area contributed by atoms with Crippen molar-refractivity contribution in [3.8, 4) is 5.75 Å². The second-order valence-corrected chi connectivity index (χ2v) is 6.26. The Balaban J connectivity index is 1.57. The van der Waals surface area contributed by atoms with Gasteiger partial charge in [0.15, 0.2) is 0 Å². The number of nitrogens with zero attached hydrogens (tertiary/aromatic N) is 1. The van der Waals surface area contributed by atoms with Gasteiger partial charge in [-0.3, -0.25) is 0 Å². The molecule has 1 N–H and O–H groups in total. The molecule has 3 heteroatoms. The van der Waals surface area contributed by atoms with Gasteiger partial charge in [0.1, 0.15) is 5.75 Å². The standard InChI is InChI=1S/C17H26N2O/c1-19-9-3-4-16(19)12-18-15-7-5-13-6-8-17(20-2)11-14(13)10-15/h6,8,11,15-16,18H,3-5,7,9-10,12H2,1-2H3. The van der Waals surface area contributed by atoms with Gasteiger partial charge in [-0.2, -0.15) is 0 Å². The van der Waals surface area contributed by atoms with Crippen molar-refractivity contribution in [2.75, 3.05) is 27.2 Å². The first kappa shape index (κ1) is 13.9. The van der Waals surface area contributed by atoms with Crippen LogP contribution in [0.1, 0.15) is 30.4 Å². The molecule has 3 nitrogen and oxygen atoms in total. The van der Waals surface area contributed by atoms with E-state index in [1.807, 2.05) is 0 Å². The van der Waals surface area contributed by atoms with Crippen LogP contribution < -0.4 is 10.1 Å². The maximum Gasteiger partial charge on any atom is 0.119 e. The van der Waals surface area contributed by atoms with Crippen molar-refractivity contribution >= 4 is 0 Å². The zero-order valence-corrected chi connectivity index (χ0v) is 12.7. The minimum atomic E-state index is 0.628. The molecule has 1 fully saturated rings. The fourth-order valence-corrected chi connectivity index (χ4v) is 3.57. The molecular weight excluding hydrogens is 248 g/mol. The van der Waals surface area contributed by atoms with Crippen LogP contribution >= 0.6 is 0 Å². The van der Waals surface area contributed by atoms with Crippen molar-refractivity contribution < 1.29 is 4.74 Å². The molecule has 2 atom stereocenters. The molecule has 2 aliphatic rings. The Morgan fingerprint density at radius 1 is 1.30 bits per heavy atom. The number of nitrogens with one attached hydrogen (secondary N) is 1. The summed E-state index contributed by atoms with van der Waals surface area (Å²) in [5.41, 5.74) is 2.97. The predicted molar refractivity (Wildman–Crippen MR) is 82.5 cm³/mol. The van der Waals surface area contributed by atoms with Crippen LogP contribution in [0, 0.1) is 0 Å². The summed E-state index contributed by atoms with van der Waals surface area (Å²) in [5, 5.41) is 3.79. The van der Waals surface area contributed by atoms with E-state index in [9.17, 15) is 0 Å². The van der Waals surface area contributed by atoms with E-state index in [1.165, 1.54) is 43.4 Å². The quantitative estimate of drug-likeness (QED) is 0.911. The number of rotatable bonds is 4. The van der Waals surface area contributed by atoms with Crippen molar-refractivity contribution in [1.29, 1.82) is 0 Å². The molecule has 0 aromatic heterocycles.